The van der Waals surface area contributed by atoms with Gasteiger partial charge in [-0.1, -0.05) is 12.2 Å². The van der Waals surface area contributed by atoms with Crippen LogP contribution in [0, 0.1) is 5.41 Å². The van der Waals surface area contributed by atoms with Crippen LogP contribution < -0.4 is 20.5 Å². The van der Waals surface area contributed by atoms with Crippen LogP contribution in [-0.2, 0) is 4.79 Å². The molecule has 0 aliphatic heterocycles. The van der Waals surface area contributed by atoms with E-state index in [2.05, 4.69) is 15.3 Å². The van der Waals surface area contributed by atoms with E-state index in [-0.39, 0.29) is 22.7 Å². The van der Waals surface area contributed by atoms with E-state index >= 15 is 0 Å². The number of amides is 1. The van der Waals surface area contributed by atoms with Gasteiger partial charge in [-0.05, 0) is 13.8 Å². The van der Waals surface area contributed by atoms with Gasteiger partial charge in [-0.25, -0.2) is 0 Å². The molecule has 104 valence electrons. The predicted octanol–water partition coefficient (Wildman–Crippen LogP) is 0.745. The molecule has 1 rings (SSSR count). The molecule has 1 amide bonds. The lowest BCUT2D eigenvalue weighted by Gasteiger charge is -2.21. The molecule has 0 saturated heterocycles. The summed E-state index contributed by atoms with van der Waals surface area (Å²) in [4.78, 5) is 20.1. The second-order valence-electron chi connectivity index (χ2n) is 4.22. The highest BCUT2D eigenvalue weighted by molar-refractivity contribution is 7.80. The van der Waals surface area contributed by atoms with Crippen LogP contribution >= 0.6 is 12.2 Å². The van der Waals surface area contributed by atoms with Crippen LogP contribution in [0.3, 0.4) is 0 Å². The Morgan fingerprint density at radius 2 is 1.79 bits per heavy atom. The van der Waals surface area contributed by atoms with Gasteiger partial charge in [0, 0.05) is 0 Å². The van der Waals surface area contributed by atoms with E-state index in [1.165, 1.54) is 20.3 Å². The number of nitrogens with zero attached hydrogens (tertiary/aromatic N) is 2. The Kier molecular flexibility index (Phi) is 4.60. The number of hydrogen-bond acceptors (Lipinski definition) is 6. The number of aromatic nitrogens is 2. The van der Waals surface area contributed by atoms with Crippen molar-refractivity contribution in [1.29, 1.82) is 0 Å². The average molecular weight is 284 g/mol. The SMILES string of the molecule is COc1cc(OC)nc(NC(=O)C(C)(C)C(N)=S)n1. The monoisotopic (exact) mass is 284 g/mol. The highest BCUT2D eigenvalue weighted by Gasteiger charge is 2.31. The molecule has 8 heteroatoms. The summed E-state index contributed by atoms with van der Waals surface area (Å²) in [5.74, 6) is 0.200. The topological polar surface area (TPSA) is 99.4 Å². The molecule has 0 spiro atoms. The van der Waals surface area contributed by atoms with E-state index < -0.39 is 11.3 Å². The Morgan fingerprint density at radius 1 is 1.32 bits per heavy atom. The number of hydrogen-bond donors (Lipinski definition) is 2. The molecule has 0 aromatic carbocycles. The van der Waals surface area contributed by atoms with Crippen molar-refractivity contribution in [1.82, 2.24) is 9.97 Å². The first-order valence-electron chi connectivity index (χ1n) is 5.39. The van der Waals surface area contributed by atoms with Gasteiger partial charge in [-0.2, -0.15) is 9.97 Å². The van der Waals surface area contributed by atoms with Crippen molar-refractivity contribution in [3.05, 3.63) is 6.07 Å². The summed E-state index contributed by atoms with van der Waals surface area (Å²) in [6.07, 6.45) is 0. The Balaban J connectivity index is 2.99. The molecular formula is C11H16N4O3S. The third-order valence-corrected chi connectivity index (χ3v) is 3.02. The predicted molar refractivity (Wildman–Crippen MR) is 74.3 cm³/mol. The number of thiocarbonyl (C=S) groups is 1. The summed E-state index contributed by atoms with van der Waals surface area (Å²) in [7, 11) is 2.90. The second kappa shape index (κ2) is 5.79. The van der Waals surface area contributed by atoms with Gasteiger partial charge in [-0.3, -0.25) is 10.1 Å². The molecule has 0 fully saturated rings. The maximum absolute atomic E-state index is 12.0. The first kappa shape index (κ1) is 15.1. The molecule has 0 unspecified atom stereocenters. The molecule has 7 nitrogen and oxygen atoms in total. The fourth-order valence-electron chi connectivity index (χ4n) is 1.04. The first-order valence-corrected chi connectivity index (χ1v) is 5.80. The van der Waals surface area contributed by atoms with E-state index in [1.54, 1.807) is 13.8 Å². The summed E-state index contributed by atoms with van der Waals surface area (Å²) in [5.41, 5.74) is 4.51. The average Bonchev–Trinajstić information content (AvgIpc) is 2.37. The van der Waals surface area contributed by atoms with Crippen LogP contribution in [0.5, 0.6) is 11.8 Å². The number of nitrogens with one attached hydrogen (secondary N) is 1. The van der Waals surface area contributed by atoms with Gasteiger partial charge >= 0.3 is 0 Å². The first-order chi connectivity index (χ1) is 8.81. The molecule has 19 heavy (non-hydrogen) atoms. The van der Waals surface area contributed by atoms with Gasteiger partial charge in [0.1, 0.15) is 0 Å². The minimum absolute atomic E-state index is 0.0607. The number of ether oxygens (including phenoxy) is 2. The van der Waals surface area contributed by atoms with Gasteiger partial charge in [-0.15, -0.1) is 0 Å². The molecule has 0 atom stereocenters. The van der Waals surface area contributed by atoms with E-state index in [9.17, 15) is 4.79 Å². The van der Waals surface area contributed by atoms with Gasteiger partial charge < -0.3 is 15.2 Å². The number of carbonyl (C=O) groups excluding carboxylic acids is 1. The molecule has 0 aliphatic rings. The van der Waals surface area contributed by atoms with Gasteiger partial charge in [0.25, 0.3) is 0 Å². The lowest BCUT2D eigenvalue weighted by molar-refractivity contribution is -0.121. The third kappa shape index (κ3) is 3.50. The van der Waals surface area contributed by atoms with Crippen LogP contribution in [0.4, 0.5) is 5.95 Å². The van der Waals surface area contributed by atoms with Gasteiger partial charge in [0.15, 0.2) is 0 Å². The molecular weight excluding hydrogens is 268 g/mol. The van der Waals surface area contributed by atoms with Gasteiger partial charge in [0.2, 0.25) is 23.6 Å². The highest BCUT2D eigenvalue weighted by atomic mass is 32.1. The van der Waals surface area contributed by atoms with Crippen molar-refractivity contribution in [2.75, 3.05) is 19.5 Å². The Hall–Kier alpha value is -1.96. The van der Waals surface area contributed by atoms with E-state index in [1.807, 2.05) is 0 Å². The zero-order valence-corrected chi connectivity index (χ0v) is 12.0. The molecule has 1 heterocycles. The Morgan fingerprint density at radius 3 is 2.16 bits per heavy atom. The zero-order chi connectivity index (χ0) is 14.6. The summed E-state index contributed by atoms with van der Waals surface area (Å²) in [5, 5.41) is 2.52. The molecule has 0 bridgehead atoms. The maximum Gasteiger partial charge on any atom is 0.239 e. The normalized spacial score (nSPS) is 10.7. The molecule has 1 aromatic rings. The van der Waals surface area contributed by atoms with Crippen molar-refractivity contribution in [2.24, 2.45) is 11.1 Å². The number of carbonyl (C=O) groups is 1. The van der Waals surface area contributed by atoms with E-state index in [4.69, 9.17) is 27.4 Å². The van der Waals surface area contributed by atoms with E-state index in [0.717, 1.165) is 0 Å². The lowest BCUT2D eigenvalue weighted by Crippen LogP contribution is -2.41. The molecule has 0 radical (unpaired) electrons. The molecule has 3 N–H and O–H groups in total. The number of nitrogens with two attached hydrogens (primary N) is 1. The standard InChI is InChI=1S/C11H16N4O3S/c1-11(2,8(12)19)9(16)15-10-13-6(17-3)5-7(14-10)18-4/h5H,1-4H3,(H2,12,19)(H,13,14,15,16). The largest absolute Gasteiger partial charge is 0.481 e. The summed E-state index contributed by atoms with van der Waals surface area (Å²) < 4.78 is 9.96. The fourth-order valence-corrected chi connectivity index (χ4v) is 1.13. The van der Waals surface area contributed by atoms with Crippen LogP contribution in [0.1, 0.15) is 13.8 Å². The Bertz CT molecular complexity index is 482. The third-order valence-electron chi connectivity index (χ3n) is 2.51. The van der Waals surface area contributed by atoms with Gasteiger partial charge in [0.05, 0.1) is 30.7 Å². The smallest absolute Gasteiger partial charge is 0.239 e. The minimum Gasteiger partial charge on any atom is -0.481 e. The van der Waals surface area contributed by atoms with Crippen molar-refractivity contribution < 1.29 is 14.3 Å². The van der Waals surface area contributed by atoms with Crippen molar-refractivity contribution in [2.45, 2.75) is 13.8 Å². The van der Waals surface area contributed by atoms with Crippen molar-refractivity contribution >= 4 is 29.1 Å². The fraction of sp³-hybridized carbons (Fsp3) is 0.455. The highest BCUT2D eigenvalue weighted by Crippen LogP contribution is 2.21. The minimum atomic E-state index is -1.00. The second-order valence-corrected chi connectivity index (χ2v) is 4.66. The maximum atomic E-state index is 12.0. The van der Waals surface area contributed by atoms with Crippen LogP contribution in [0.2, 0.25) is 0 Å². The molecule has 1 aromatic heterocycles. The van der Waals surface area contributed by atoms with E-state index in [0.29, 0.717) is 0 Å². The summed E-state index contributed by atoms with van der Waals surface area (Å²) in [6.45, 7) is 3.23. The molecule has 0 saturated carbocycles. The Labute approximate surface area is 116 Å². The van der Waals surface area contributed by atoms with Crippen molar-refractivity contribution in [3.63, 3.8) is 0 Å². The van der Waals surface area contributed by atoms with Crippen molar-refractivity contribution in [3.8, 4) is 11.8 Å². The zero-order valence-electron chi connectivity index (χ0n) is 11.2. The summed E-state index contributed by atoms with van der Waals surface area (Å²) in [6, 6.07) is 1.49. The summed E-state index contributed by atoms with van der Waals surface area (Å²) >= 11 is 4.85. The molecule has 0 aliphatic carbocycles. The number of anilines is 1. The van der Waals surface area contributed by atoms with Crippen LogP contribution in [0.25, 0.3) is 0 Å². The lowest BCUT2D eigenvalue weighted by atomic mass is 9.92. The number of methoxy groups -OCH3 is 2. The number of rotatable bonds is 5. The van der Waals surface area contributed by atoms with Crippen LogP contribution in [0.15, 0.2) is 6.07 Å². The quantitative estimate of drug-likeness (QED) is 0.769. The van der Waals surface area contributed by atoms with Crippen LogP contribution in [-0.4, -0.2) is 35.1 Å².